The van der Waals surface area contributed by atoms with E-state index in [-0.39, 0.29) is 17.4 Å². The quantitative estimate of drug-likeness (QED) is 0.570. The lowest BCUT2D eigenvalue weighted by Crippen LogP contribution is -2.19. The maximum atomic E-state index is 12.2. The Morgan fingerprint density at radius 1 is 1.03 bits per heavy atom. The van der Waals surface area contributed by atoms with E-state index in [9.17, 15) is 15.0 Å². The Labute approximate surface area is 175 Å². The fourth-order valence-corrected chi connectivity index (χ4v) is 4.13. The Balaban J connectivity index is 1.83. The van der Waals surface area contributed by atoms with Crippen LogP contribution in [-0.2, 0) is 4.74 Å². The summed E-state index contributed by atoms with van der Waals surface area (Å²) in [6, 6.07) is 14.5. The second kappa shape index (κ2) is 8.71. The normalized spacial score (nSPS) is 15.7. The average molecular weight is 407 g/mol. The molecule has 6 nitrogen and oxygen atoms in total. The van der Waals surface area contributed by atoms with Gasteiger partial charge in [0.25, 0.3) is 0 Å². The molecule has 2 aromatic carbocycles. The molecule has 0 saturated heterocycles. The third-order valence-corrected chi connectivity index (χ3v) is 5.71. The molecule has 0 radical (unpaired) electrons. The zero-order valence-electron chi connectivity index (χ0n) is 16.9. The van der Waals surface area contributed by atoms with Crippen LogP contribution in [0.4, 0.5) is 0 Å². The largest absolute Gasteiger partial charge is 0.505 e. The number of aromatic hydroxyl groups is 1. The molecular formula is C24H25NO5. The van der Waals surface area contributed by atoms with E-state index in [1.54, 1.807) is 18.2 Å². The molecule has 1 atom stereocenters. The number of aliphatic hydroxyl groups is 1. The summed E-state index contributed by atoms with van der Waals surface area (Å²) in [4.78, 5) is 16.6. The number of carbonyl (C=O) groups excluding carboxylic acids is 1. The number of aliphatic hydroxyl groups excluding tert-OH is 1. The Morgan fingerprint density at radius 3 is 2.47 bits per heavy atom. The van der Waals surface area contributed by atoms with E-state index in [0.717, 1.165) is 32.1 Å². The van der Waals surface area contributed by atoms with E-state index >= 15 is 0 Å². The maximum Gasteiger partial charge on any atom is 0.360 e. The highest BCUT2D eigenvalue weighted by atomic mass is 16.5. The summed E-state index contributed by atoms with van der Waals surface area (Å²) in [7, 11) is 1.24. The van der Waals surface area contributed by atoms with Crippen LogP contribution in [0.3, 0.4) is 0 Å². The molecule has 1 aromatic heterocycles. The number of nitrogens with zero attached hydrogens (tertiary/aromatic N) is 1. The van der Waals surface area contributed by atoms with E-state index in [1.165, 1.54) is 7.11 Å². The first-order valence-electron chi connectivity index (χ1n) is 10.2. The van der Waals surface area contributed by atoms with E-state index in [1.807, 2.05) is 30.3 Å². The van der Waals surface area contributed by atoms with Crippen LogP contribution in [0.25, 0.3) is 10.8 Å². The van der Waals surface area contributed by atoms with Gasteiger partial charge in [-0.05, 0) is 49.1 Å². The molecular weight excluding hydrogens is 382 g/mol. The third kappa shape index (κ3) is 3.96. The number of aromatic nitrogens is 1. The molecule has 1 saturated carbocycles. The molecule has 2 N–H and O–H groups in total. The lowest BCUT2D eigenvalue weighted by atomic mass is 9.83. The lowest BCUT2D eigenvalue weighted by molar-refractivity contribution is 0.0585. The van der Waals surface area contributed by atoms with Crippen molar-refractivity contribution in [3.63, 3.8) is 0 Å². The van der Waals surface area contributed by atoms with Gasteiger partial charge >= 0.3 is 5.97 Å². The minimum atomic E-state index is -0.844. The van der Waals surface area contributed by atoms with E-state index in [2.05, 4.69) is 4.98 Å². The van der Waals surface area contributed by atoms with Crippen molar-refractivity contribution >= 4 is 16.7 Å². The molecule has 4 rings (SSSR count). The van der Waals surface area contributed by atoms with Crippen molar-refractivity contribution in [2.24, 2.45) is 5.92 Å². The smallest absolute Gasteiger partial charge is 0.360 e. The van der Waals surface area contributed by atoms with Crippen LogP contribution in [0.1, 0.15) is 54.4 Å². The molecule has 1 heterocycles. The summed E-state index contributed by atoms with van der Waals surface area (Å²) in [6.07, 6.45) is 4.24. The Kier molecular flexibility index (Phi) is 5.86. The Morgan fingerprint density at radius 2 is 1.77 bits per heavy atom. The van der Waals surface area contributed by atoms with Crippen molar-refractivity contribution in [2.45, 2.75) is 38.2 Å². The van der Waals surface area contributed by atoms with Crippen LogP contribution in [0, 0.1) is 5.92 Å². The van der Waals surface area contributed by atoms with E-state index < -0.39 is 12.1 Å². The number of hydrogen-bond acceptors (Lipinski definition) is 6. The average Bonchev–Trinajstić information content (AvgIpc) is 2.79. The van der Waals surface area contributed by atoms with E-state index in [0.29, 0.717) is 28.0 Å². The number of benzene rings is 2. The minimum Gasteiger partial charge on any atom is -0.505 e. The van der Waals surface area contributed by atoms with Crippen molar-refractivity contribution < 1.29 is 24.5 Å². The second-order valence-electron chi connectivity index (χ2n) is 7.65. The predicted octanol–water partition coefficient (Wildman–Crippen LogP) is 5.13. The molecule has 0 spiro atoms. The van der Waals surface area contributed by atoms with Crippen molar-refractivity contribution in [1.82, 2.24) is 4.98 Å². The number of hydrogen-bond donors (Lipinski definition) is 2. The van der Waals surface area contributed by atoms with Gasteiger partial charge in [0.05, 0.1) is 18.9 Å². The molecule has 156 valence electrons. The number of fused-ring (bicyclic) bond motifs is 1. The first-order valence-corrected chi connectivity index (χ1v) is 10.2. The van der Waals surface area contributed by atoms with Crippen LogP contribution in [0.15, 0.2) is 48.5 Å². The fraction of sp³-hybridized carbons (Fsp3) is 0.333. The minimum absolute atomic E-state index is 0.0585. The van der Waals surface area contributed by atoms with Gasteiger partial charge in [0.2, 0.25) is 0 Å². The zero-order valence-corrected chi connectivity index (χ0v) is 16.9. The fourth-order valence-electron chi connectivity index (χ4n) is 4.13. The van der Waals surface area contributed by atoms with Crippen LogP contribution in [0.2, 0.25) is 0 Å². The second-order valence-corrected chi connectivity index (χ2v) is 7.65. The van der Waals surface area contributed by atoms with Crippen molar-refractivity contribution in [3.8, 4) is 17.2 Å². The van der Waals surface area contributed by atoms with Crippen LogP contribution in [-0.4, -0.2) is 28.3 Å². The van der Waals surface area contributed by atoms with Gasteiger partial charge < -0.3 is 19.7 Å². The number of rotatable bonds is 5. The number of pyridine rings is 1. The lowest BCUT2D eigenvalue weighted by Gasteiger charge is -2.27. The highest BCUT2D eigenvalue weighted by Crippen LogP contribution is 2.40. The highest BCUT2D eigenvalue weighted by Gasteiger charge is 2.29. The summed E-state index contributed by atoms with van der Waals surface area (Å²) >= 11 is 0. The van der Waals surface area contributed by atoms with Gasteiger partial charge in [0.15, 0.2) is 11.4 Å². The number of esters is 1. The molecule has 3 aromatic rings. The maximum absolute atomic E-state index is 12.2. The number of para-hydroxylation sites is 1. The van der Waals surface area contributed by atoms with Gasteiger partial charge in [-0.3, -0.25) is 0 Å². The molecule has 0 aliphatic heterocycles. The van der Waals surface area contributed by atoms with Crippen LogP contribution < -0.4 is 4.74 Å². The molecule has 1 fully saturated rings. The standard InChI is InChI=1S/C24H25NO5/c1-29-24(28)21-23(27)18-13-12-17(30-16-10-6-3-7-11-16)14-19(18)20(25-21)22(26)15-8-4-2-5-9-15/h3,6-7,10-15,22,26-27H,2,4-5,8-9H2,1H3. The Hall–Kier alpha value is -3.12. The van der Waals surface area contributed by atoms with Gasteiger partial charge in [-0.1, -0.05) is 37.5 Å². The molecule has 1 aliphatic rings. The monoisotopic (exact) mass is 407 g/mol. The zero-order chi connectivity index (χ0) is 21.1. The third-order valence-electron chi connectivity index (χ3n) is 5.71. The van der Waals surface area contributed by atoms with Crippen molar-refractivity contribution in [2.75, 3.05) is 7.11 Å². The first kappa shape index (κ1) is 20.2. The van der Waals surface area contributed by atoms with Crippen LogP contribution in [0.5, 0.6) is 17.2 Å². The summed E-state index contributed by atoms with van der Waals surface area (Å²) in [5, 5.41) is 22.8. The van der Waals surface area contributed by atoms with Gasteiger partial charge in [-0.2, -0.15) is 0 Å². The molecule has 6 heteroatoms. The molecule has 1 unspecified atom stereocenters. The predicted molar refractivity (Wildman–Crippen MR) is 113 cm³/mol. The molecule has 0 amide bonds. The van der Waals surface area contributed by atoms with Gasteiger partial charge in [-0.25, -0.2) is 9.78 Å². The molecule has 0 bridgehead atoms. The molecule has 1 aliphatic carbocycles. The summed E-state index contributed by atoms with van der Waals surface area (Å²) in [5.74, 6) is 0.286. The Bertz CT molecular complexity index is 1040. The number of ether oxygens (including phenoxy) is 2. The van der Waals surface area contributed by atoms with Gasteiger partial charge in [0.1, 0.15) is 11.5 Å². The summed E-state index contributed by atoms with van der Waals surface area (Å²) in [5.41, 5.74) is 0.181. The van der Waals surface area contributed by atoms with Crippen molar-refractivity contribution in [3.05, 3.63) is 59.9 Å². The van der Waals surface area contributed by atoms with Gasteiger partial charge in [0, 0.05) is 10.8 Å². The van der Waals surface area contributed by atoms with E-state index in [4.69, 9.17) is 9.47 Å². The summed E-state index contributed by atoms with van der Waals surface area (Å²) < 4.78 is 10.7. The van der Waals surface area contributed by atoms with Crippen molar-refractivity contribution in [1.29, 1.82) is 0 Å². The topological polar surface area (TPSA) is 88.9 Å². The number of carbonyl (C=O) groups is 1. The summed E-state index contributed by atoms with van der Waals surface area (Å²) in [6.45, 7) is 0. The highest BCUT2D eigenvalue weighted by molar-refractivity contribution is 6.00. The van der Waals surface area contributed by atoms with Gasteiger partial charge in [-0.15, -0.1) is 0 Å². The van der Waals surface area contributed by atoms with Crippen LogP contribution >= 0.6 is 0 Å². The SMILES string of the molecule is COC(=O)c1nc(C(O)C2CCCCC2)c2cc(Oc3ccccc3)ccc2c1O. The molecule has 30 heavy (non-hydrogen) atoms. The first-order chi connectivity index (χ1) is 14.6. The number of methoxy groups -OCH3 is 1.